The van der Waals surface area contributed by atoms with Crippen LogP contribution < -0.4 is 5.32 Å². The third-order valence-electron chi connectivity index (χ3n) is 5.07. The first-order valence-electron chi connectivity index (χ1n) is 8.87. The summed E-state index contributed by atoms with van der Waals surface area (Å²) in [5, 5.41) is 3.66. The predicted molar refractivity (Wildman–Crippen MR) is 89.2 cm³/mol. The first-order chi connectivity index (χ1) is 10.3. The van der Waals surface area contributed by atoms with Gasteiger partial charge in [0.15, 0.2) is 0 Å². The van der Waals surface area contributed by atoms with Gasteiger partial charge in [-0.15, -0.1) is 0 Å². The van der Waals surface area contributed by atoms with Gasteiger partial charge in [0.05, 0.1) is 0 Å². The summed E-state index contributed by atoms with van der Waals surface area (Å²) in [6.07, 6.45) is 8.31. The molecule has 0 bridgehead atoms. The van der Waals surface area contributed by atoms with E-state index in [0.717, 1.165) is 25.0 Å². The lowest BCUT2D eigenvalue weighted by Gasteiger charge is -2.32. The molecule has 1 aliphatic carbocycles. The second-order valence-electron chi connectivity index (χ2n) is 6.93. The second-order valence-corrected chi connectivity index (χ2v) is 6.93. The van der Waals surface area contributed by atoms with E-state index >= 15 is 0 Å². The highest BCUT2D eigenvalue weighted by Gasteiger charge is 2.21. The van der Waals surface area contributed by atoms with Gasteiger partial charge in [-0.2, -0.15) is 0 Å². The van der Waals surface area contributed by atoms with Gasteiger partial charge >= 0.3 is 0 Å². The number of hydrogen-bond acceptors (Lipinski definition) is 2. The minimum absolute atomic E-state index is 0.794. The van der Waals surface area contributed by atoms with E-state index in [1.165, 1.54) is 62.7 Å². The monoisotopic (exact) mass is 286 g/mol. The van der Waals surface area contributed by atoms with Crippen molar-refractivity contribution in [3.8, 4) is 0 Å². The number of likely N-dealkylation sites (tertiary alicyclic amines) is 1. The van der Waals surface area contributed by atoms with Crippen molar-refractivity contribution in [3.05, 3.63) is 35.4 Å². The van der Waals surface area contributed by atoms with Crippen LogP contribution >= 0.6 is 0 Å². The van der Waals surface area contributed by atoms with Gasteiger partial charge in [-0.3, -0.25) is 4.90 Å². The Morgan fingerprint density at radius 1 is 1.05 bits per heavy atom. The minimum Gasteiger partial charge on any atom is -0.310 e. The molecule has 2 fully saturated rings. The Labute approximate surface area is 129 Å². The molecule has 21 heavy (non-hydrogen) atoms. The van der Waals surface area contributed by atoms with Crippen molar-refractivity contribution in [2.45, 2.75) is 64.6 Å². The molecule has 0 radical (unpaired) electrons. The third kappa shape index (κ3) is 4.55. The lowest BCUT2D eigenvalue weighted by atomic mass is 9.92. The van der Waals surface area contributed by atoms with E-state index in [1.807, 2.05) is 0 Å². The second kappa shape index (κ2) is 7.42. The average molecular weight is 286 g/mol. The van der Waals surface area contributed by atoms with Crippen LogP contribution in [-0.2, 0) is 13.1 Å². The Balaban J connectivity index is 1.52. The molecule has 1 aromatic carbocycles. The first-order valence-corrected chi connectivity index (χ1v) is 8.87. The number of nitrogens with one attached hydrogen (secondary N) is 1. The smallest absolute Gasteiger partial charge is 0.0236 e. The van der Waals surface area contributed by atoms with Crippen molar-refractivity contribution in [2.75, 3.05) is 13.1 Å². The Hall–Kier alpha value is -0.860. The van der Waals surface area contributed by atoms with E-state index in [9.17, 15) is 0 Å². The van der Waals surface area contributed by atoms with Gasteiger partial charge in [0.25, 0.3) is 0 Å². The highest BCUT2D eigenvalue weighted by Crippen LogP contribution is 2.24. The Bertz CT molecular complexity index is 431. The van der Waals surface area contributed by atoms with Crippen LogP contribution in [0.4, 0.5) is 0 Å². The van der Waals surface area contributed by atoms with Crippen LogP contribution in [-0.4, -0.2) is 24.0 Å². The van der Waals surface area contributed by atoms with Crippen molar-refractivity contribution in [2.24, 2.45) is 5.92 Å². The van der Waals surface area contributed by atoms with E-state index in [-0.39, 0.29) is 0 Å². The molecule has 1 saturated carbocycles. The topological polar surface area (TPSA) is 15.3 Å². The summed E-state index contributed by atoms with van der Waals surface area (Å²) in [7, 11) is 0. The Kier molecular flexibility index (Phi) is 5.32. The van der Waals surface area contributed by atoms with Gasteiger partial charge in [-0.25, -0.2) is 0 Å². The molecule has 3 rings (SSSR count). The van der Waals surface area contributed by atoms with Crippen molar-refractivity contribution < 1.29 is 0 Å². The predicted octanol–water partition coefficient (Wildman–Crippen LogP) is 3.95. The number of hydrogen-bond donors (Lipinski definition) is 1. The van der Waals surface area contributed by atoms with Gasteiger partial charge in [0.1, 0.15) is 0 Å². The van der Waals surface area contributed by atoms with Crippen LogP contribution in [0.1, 0.15) is 56.6 Å². The summed E-state index contributed by atoms with van der Waals surface area (Å²) in [4.78, 5) is 2.65. The number of piperidine rings is 1. The molecule has 1 saturated heterocycles. The maximum atomic E-state index is 3.66. The summed E-state index contributed by atoms with van der Waals surface area (Å²) in [6.45, 7) is 7.08. The molecule has 0 aromatic heterocycles. The van der Waals surface area contributed by atoms with E-state index in [2.05, 4.69) is 41.4 Å². The zero-order chi connectivity index (χ0) is 14.5. The van der Waals surface area contributed by atoms with Gasteiger partial charge in [0.2, 0.25) is 0 Å². The molecule has 0 spiro atoms. The summed E-state index contributed by atoms with van der Waals surface area (Å²) in [6, 6.07) is 9.79. The van der Waals surface area contributed by atoms with Crippen LogP contribution in [0.5, 0.6) is 0 Å². The number of rotatable bonds is 7. The molecule has 0 unspecified atom stereocenters. The molecule has 1 N–H and O–H groups in total. The number of nitrogens with zero attached hydrogens (tertiary/aromatic N) is 1. The zero-order valence-corrected chi connectivity index (χ0v) is 13.5. The Morgan fingerprint density at radius 3 is 2.43 bits per heavy atom. The molecule has 1 heterocycles. The number of benzene rings is 1. The van der Waals surface area contributed by atoms with Gasteiger partial charge in [-0.05, 0) is 55.8 Å². The molecule has 1 aliphatic heterocycles. The maximum absolute atomic E-state index is 3.66. The van der Waals surface area contributed by atoms with E-state index in [1.54, 1.807) is 0 Å². The molecule has 1 aromatic rings. The zero-order valence-electron chi connectivity index (χ0n) is 13.5. The van der Waals surface area contributed by atoms with Gasteiger partial charge in [-0.1, -0.05) is 44.0 Å². The highest BCUT2D eigenvalue weighted by molar-refractivity contribution is 5.27. The average Bonchev–Trinajstić information content (AvgIpc) is 3.33. The summed E-state index contributed by atoms with van der Waals surface area (Å²) in [5.74, 6) is 0.984. The summed E-state index contributed by atoms with van der Waals surface area (Å²) in [5.41, 5.74) is 3.03. The molecule has 2 heteroatoms. The van der Waals surface area contributed by atoms with Crippen molar-refractivity contribution in [1.82, 2.24) is 10.2 Å². The van der Waals surface area contributed by atoms with Crippen LogP contribution in [0, 0.1) is 5.92 Å². The van der Waals surface area contributed by atoms with Gasteiger partial charge in [0, 0.05) is 19.1 Å². The first kappa shape index (κ1) is 15.1. The van der Waals surface area contributed by atoms with Crippen LogP contribution in [0.25, 0.3) is 0 Å². The molecular formula is C19H30N2. The summed E-state index contributed by atoms with van der Waals surface area (Å²) >= 11 is 0. The van der Waals surface area contributed by atoms with Crippen LogP contribution in [0.2, 0.25) is 0 Å². The van der Waals surface area contributed by atoms with Gasteiger partial charge < -0.3 is 5.32 Å². The van der Waals surface area contributed by atoms with E-state index < -0.39 is 0 Å². The summed E-state index contributed by atoms with van der Waals surface area (Å²) < 4.78 is 0. The largest absolute Gasteiger partial charge is 0.310 e. The minimum atomic E-state index is 0.794. The third-order valence-corrected chi connectivity index (χ3v) is 5.07. The molecule has 0 amide bonds. The standard InChI is InChI=1S/C19H30N2/c1-2-5-16-10-12-21(13-11-16)15-18-7-4-3-6-17(18)14-20-19-8-9-19/h3-4,6-7,16,19-20H,2,5,8-15H2,1H3. The molecule has 2 nitrogen and oxygen atoms in total. The normalized spacial score (nSPS) is 20.8. The van der Waals surface area contributed by atoms with E-state index in [0.29, 0.717) is 0 Å². The molecule has 0 atom stereocenters. The fourth-order valence-corrected chi connectivity index (χ4v) is 3.51. The Morgan fingerprint density at radius 2 is 1.76 bits per heavy atom. The lowest BCUT2D eigenvalue weighted by Crippen LogP contribution is -2.33. The van der Waals surface area contributed by atoms with Crippen molar-refractivity contribution >= 4 is 0 Å². The van der Waals surface area contributed by atoms with Crippen molar-refractivity contribution in [3.63, 3.8) is 0 Å². The van der Waals surface area contributed by atoms with Crippen LogP contribution in [0.3, 0.4) is 0 Å². The molecular weight excluding hydrogens is 256 g/mol. The molecule has 116 valence electrons. The van der Waals surface area contributed by atoms with Crippen LogP contribution in [0.15, 0.2) is 24.3 Å². The fourth-order valence-electron chi connectivity index (χ4n) is 3.51. The lowest BCUT2D eigenvalue weighted by molar-refractivity contribution is 0.171. The van der Waals surface area contributed by atoms with Crippen molar-refractivity contribution in [1.29, 1.82) is 0 Å². The highest BCUT2D eigenvalue weighted by atomic mass is 15.1. The fraction of sp³-hybridized carbons (Fsp3) is 0.684. The SMILES string of the molecule is CCCC1CCN(Cc2ccccc2CNC2CC2)CC1. The molecule has 2 aliphatic rings. The maximum Gasteiger partial charge on any atom is 0.0236 e. The quantitative estimate of drug-likeness (QED) is 0.816. The van der Waals surface area contributed by atoms with E-state index in [4.69, 9.17) is 0 Å².